The first-order valence-electron chi connectivity index (χ1n) is 9.07. The molecule has 0 saturated carbocycles. The molecule has 0 heterocycles. The summed E-state index contributed by atoms with van der Waals surface area (Å²) in [4.78, 5) is 80.8. The lowest BCUT2D eigenvalue weighted by molar-refractivity contribution is -0.143. The Bertz CT molecular complexity index is 762. The van der Waals surface area contributed by atoms with Crippen molar-refractivity contribution < 1.29 is 43.8 Å². The largest absolute Gasteiger partial charge is 0.481 e. The van der Waals surface area contributed by atoms with Crippen molar-refractivity contribution in [3.8, 4) is 0 Å². The van der Waals surface area contributed by atoms with E-state index in [-0.39, 0.29) is 5.75 Å². The van der Waals surface area contributed by atoms with Crippen LogP contribution in [0.2, 0.25) is 0 Å². The predicted molar refractivity (Wildman–Crippen MR) is 110 cm³/mol. The fourth-order valence-corrected chi connectivity index (χ4v) is 2.52. The van der Waals surface area contributed by atoms with E-state index in [0.717, 1.165) is 0 Å². The summed E-state index contributed by atoms with van der Waals surface area (Å²) in [5, 5.41) is 24.1. The molecule has 0 bridgehead atoms. The Hall–Kier alpha value is -3.40. The molecular formula is C16H26N6O9S. The molecule has 0 radical (unpaired) electrons. The lowest BCUT2D eigenvalue weighted by atomic mass is 10.1. The molecule has 0 rings (SSSR count). The number of carbonyl (C=O) groups is 7. The third-order valence-electron chi connectivity index (χ3n) is 3.87. The summed E-state index contributed by atoms with van der Waals surface area (Å²) in [5.41, 5.74) is 15.5. The highest BCUT2D eigenvalue weighted by Gasteiger charge is 2.31. The smallest absolute Gasteiger partial charge is 0.326 e. The highest BCUT2D eigenvalue weighted by Crippen LogP contribution is 2.02. The highest BCUT2D eigenvalue weighted by molar-refractivity contribution is 7.80. The fraction of sp³-hybridized carbons (Fsp3) is 0.562. The third-order valence-corrected chi connectivity index (χ3v) is 4.24. The molecule has 0 fully saturated rings. The molecule has 15 nitrogen and oxygen atoms in total. The van der Waals surface area contributed by atoms with Crippen LogP contribution >= 0.6 is 12.6 Å². The lowest BCUT2D eigenvalue weighted by Crippen LogP contribution is -2.58. The molecule has 0 aromatic carbocycles. The van der Waals surface area contributed by atoms with Crippen molar-refractivity contribution in [1.29, 1.82) is 0 Å². The number of nitrogens with one attached hydrogen (secondary N) is 3. The number of hydrogen-bond acceptors (Lipinski definition) is 9. The zero-order valence-corrected chi connectivity index (χ0v) is 17.7. The molecule has 0 spiro atoms. The second-order valence-electron chi connectivity index (χ2n) is 6.58. The Morgan fingerprint density at radius 3 is 1.66 bits per heavy atom. The minimum absolute atomic E-state index is 0.318. The van der Waals surface area contributed by atoms with Crippen molar-refractivity contribution in [2.45, 2.75) is 49.9 Å². The van der Waals surface area contributed by atoms with Gasteiger partial charge in [-0.2, -0.15) is 12.6 Å². The lowest BCUT2D eigenvalue weighted by Gasteiger charge is -2.23. The van der Waals surface area contributed by atoms with Gasteiger partial charge in [-0.3, -0.25) is 28.8 Å². The van der Waals surface area contributed by atoms with Crippen molar-refractivity contribution in [3.05, 3.63) is 0 Å². The Morgan fingerprint density at radius 2 is 1.22 bits per heavy atom. The van der Waals surface area contributed by atoms with Gasteiger partial charge in [-0.15, -0.1) is 0 Å². The average Bonchev–Trinajstić information content (AvgIpc) is 2.66. The fourth-order valence-electron chi connectivity index (χ4n) is 2.26. The molecule has 4 atom stereocenters. The van der Waals surface area contributed by atoms with Crippen LogP contribution in [0.5, 0.6) is 0 Å². The predicted octanol–water partition coefficient (Wildman–Crippen LogP) is -4.60. The van der Waals surface area contributed by atoms with Crippen molar-refractivity contribution in [1.82, 2.24) is 16.0 Å². The molecule has 0 aromatic heterocycles. The molecule has 0 aliphatic heterocycles. The Balaban J connectivity index is 5.27. The van der Waals surface area contributed by atoms with Gasteiger partial charge in [0.2, 0.25) is 29.5 Å². The van der Waals surface area contributed by atoms with Crippen LogP contribution in [-0.4, -0.2) is 81.6 Å². The zero-order chi connectivity index (χ0) is 25.0. The quantitative estimate of drug-likeness (QED) is 0.102. The minimum atomic E-state index is -1.57. The van der Waals surface area contributed by atoms with Crippen LogP contribution in [0.25, 0.3) is 0 Å². The van der Waals surface area contributed by atoms with Gasteiger partial charge in [-0.05, 0) is 6.42 Å². The number of carboxylic acids is 2. The standard InChI is InChI=1S/C16H26N6O9S/c17-6(3-10(18)23)13(27)21-8(4-11(19)24)14(28)22-9(5-32)15(29)20-7(16(30)31)1-2-12(25)26/h6-9,32H,1-5,17H2,(H2,18,23)(H2,19,24)(H,20,29)(H,21,27)(H,22,28)(H,25,26)(H,30,31). The van der Waals surface area contributed by atoms with Crippen LogP contribution in [0.1, 0.15) is 25.7 Å². The second-order valence-corrected chi connectivity index (χ2v) is 6.95. The molecule has 32 heavy (non-hydrogen) atoms. The van der Waals surface area contributed by atoms with Crippen molar-refractivity contribution in [3.63, 3.8) is 0 Å². The van der Waals surface area contributed by atoms with Crippen LogP contribution in [0, 0.1) is 0 Å². The topological polar surface area (TPSA) is 274 Å². The number of rotatable bonds is 15. The van der Waals surface area contributed by atoms with Gasteiger partial charge in [0.15, 0.2) is 0 Å². The Kier molecular flexibility index (Phi) is 12.3. The Labute approximate surface area is 187 Å². The monoisotopic (exact) mass is 478 g/mol. The summed E-state index contributed by atoms with van der Waals surface area (Å²) < 4.78 is 0. The van der Waals surface area contributed by atoms with Crippen molar-refractivity contribution in [2.24, 2.45) is 17.2 Å². The van der Waals surface area contributed by atoms with E-state index in [4.69, 9.17) is 27.4 Å². The third kappa shape index (κ3) is 11.1. The van der Waals surface area contributed by atoms with Crippen molar-refractivity contribution >= 4 is 54.1 Å². The van der Waals surface area contributed by atoms with Crippen LogP contribution < -0.4 is 33.2 Å². The number of aliphatic carboxylic acids is 2. The molecule has 0 saturated heterocycles. The summed E-state index contributed by atoms with van der Waals surface area (Å²) in [7, 11) is 0. The van der Waals surface area contributed by atoms with E-state index in [1.165, 1.54) is 0 Å². The molecule has 5 amide bonds. The minimum Gasteiger partial charge on any atom is -0.481 e. The maximum Gasteiger partial charge on any atom is 0.326 e. The van der Waals surface area contributed by atoms with Gasteiger partial charge in [0.1, 0.15) is 18.1 Å². The number of amides is 5. The molecule has 0 aliphatic carbocycles. The van der Waals surface area contributed by atoms with E-state index in [1.807, 2.05) is 0 Å². The van der Waals surface area contributed by atoms with E-state index in [1.54, 1.807) is 0 Å². The maximum absolute atomic E-state index is 12.5. The maximum atomic E-state index is 12.5. The number of thiol groups is 1. The van der Waals surface area contributed by atoms with Gasteiger partial charge >= 0.3 is 11.9 Å². The Morgan fingerprint density at radius 1 is 0.750 bits per heavy atom. The van der Waals surface area contributed by atoms with Gasteiger partial charge in [-0.1, -0.05) is 0 Å². The molecule has 0 aliphatic rings. The van der Waals surface area contributed by atoms with E-state index in [2.05, 4.69) is 28.6 Å². The summed E-state index contributed by atoms with van der Waals surface area (Å²) >= 11 is 3.90. The number of nitrogens with two attached hydrogens (primary N) is 3. The summed E-state index contributed by atoms with van der Waals surface area (Å²) in [5.74, 6) is -7.99. The van der Waals surface area contributed by atoms with Gasteiger partial charge in [0.25, 0.3) is 0 Å². The number of carboxylic acid groups (broad SMARTS) is 2. The summed E-state index contributed by atoms with van der Waals surface area (Å²) in [6.07, 6.45) is -2.17. The van der Waals surface area contributed by atoms with Crippen LogP contribution in [-0.2, 0) is 33.6 Å². The van der Waals surface area contributed by atoms with Crippen LogP contribution in [0.3, 0.4) is 0 Å². The molecule has 0 aromatic rings. The van der Waals surface area contributed by atoms with Gasteiger partial charge in [0.05, 0.1) is 18.9 Å². The highest BCUT2D eigenvalue weighted by atomic mass is 32.1. The van der Waals surface area contributed by atoms with E-state index < -0.39 is 91.3 Å². The summed E-state index contributed by atoms with van der Waals surface area (Å²) in [6.45, 7) is 0. The SMILES string of the molecule is NC(=O)CC(N)C(=O)NC(CC(N)=O)C(=O)NC(CS)C(=O)NC(CCC(=O)O)C(=O)O. The second kappa shape index (κ2) is 13.8. The summed E-state index contributed by atoms with van der Waals surface area (Å²) in [6, 6.07) is -5.95. The molecule has 180 valence electrons. The van der Waals surface area contributed by atoms with E-state index in [0.29, 0.717) is 0 Å². The van der Waals surface area contributed by atoms with Crippen LogP contribution in [0.4, 0.5) is 0 Å². The van der Waals surface area contributed by atoms with Gasteiger partial charge in [-0.25, -0.2) is 4.79 Å². The van der Waals surface area contributed by atoms with Crippen molar-refractivity contribution in [2.75, 3.05) is 5.75 Å². The number of primary amides is 2. The molecular weight excluding hydrogens is 452 g/mol. The zero-order valence-electron chi connectivity index (χ0n) is 16.8. The van der Waals surface area contributed by atoms with E-state index in [9.17, 15) is 33.6 Å². The number of carbonyl (C=O) groups excluding carboxylic acids is 5. The molecule has 11 N–H and O–H groups in total. The van der Waals surface area contributed by atoms with Gasteiger partial charge < -0.3 is 43.4 Å². The molecule has 16 heteroatoms. The average molecular weight is 478 g/mol. The van der Waals surface area contributed by atoms with Crippen LogP contribution in [0.15, 0.2) is 0 Å². The first-order valence-corrected chi connectivity index (χ1v) is 9.70. The first-order chi connectivity index (χ1) is 14.8. The first kappa shape index (κ1) is 28.6. The van der Waals surface area contributed by atoms with E-state index >= 15 is 0 Å². The number of hydrogen-bond donors (Lipinski definition) is 9. The molecule has 4 unspecified atom stereocenters. The van der Waals surface area contributed by atoms with Gasteiger partial charge in [0, 0.05) is 12.2 Å². The normalized spacial score (nSPS) is 14.2.